The monoisotopic (exact) mass is 568 g/mol. The van der Waals surface area contributed by atoms with Crippen molar-refractivity contribution in [2.45, 2.75) is 19.9 Å². The molecule has 1 aliphatic rings. The van der Waals surface area contributed by atoms with E-state index in [2.05, 4.69) is 20.9 Å². The first-order valence-corrected chi connectivity index (χ1v) is 12.3. The Morgan fingerprint density at radius 2 is 1.89 bits per heavy atom. The van der Waals surface area contributed by atoms with Gasteiger partial charge in [0.15, 0.2) is 34.0 Å². The molecule has 3 aromatic rings. The number of ether oxygens (including phenoxy) is 1. The molecule has 2 aromatic carbocycles. The fourth-order valence-corrected chi connectivity index (χ4v) is 5.36. The number of hydrogen-bond acceptors (Lipinski definition) is 8. The van der Waals surface area contributed by atoms with E-state index in [9.17, 15) is 24.6 Å². The van der Waals surface area contributed by atoms with Gasteiger partial charge in [-0.25, -0.2) is 4.98 Å². The summed E-state index contributed by atoms with van der Waals surface area (Å²) < 4.78 is 5.52. The van der Waals surface area contributed by atoms with E-state index in [-0.39, 0.29) is 32.5 Å². The van der Waals surface area contributed by atoms with Gasteiger partial charge in [0.25, 0.3) is 5.91 Å². The summed E-state index contributed by atoms with van der Waals surface area (Å²) in [5.74, 6) is -2.41. The van der Waals surface area contributed by atoms with Crippen LogP contribution in [-0.2, 0) is 9.59 Å². The number of aliphatic hydroxyl groups excluding tert-OH is 1. The topological polar surface area (TPSA) is 117 Å². The number of amides is 1. The highest BCUT2D eigenvalue weighted by atomic mass is 79.9. The predicted molar refractivity (Wildman–Crippen MR) is 140 cm³/mol. The molecule has 1 unspecified atom stereocenters. The Bertz CT molecular complexity index is 1440. The minimum atomic E-state index is -1.10. The zero-order valence-corrected chi connectivity index (χ0v) is 21.9. The molecular formula is C26H21BrN2O6S. The maximum absolute atomic E-state index is 13.4. The summed E-state index contributed by atoms with van der Waals surface area (Å²) >= 11 is 4.27. The Hall–Kier alpha value is -3.76. The predicted octanol–water partition coefficient (Wildman–Crippen LogP) is 5.31. The van der Waals surface area contributed by atoms with Gasteiger partial charge in [-0.1, -0.05) is 47.7 Å². The highest BCUT2D eigenvalue weighted by Gasteiger charge is 2.45. The maximum atomic E-state index is 13.4. The summed E-state index contributed by atoms with van der Waals surface area (Å²) in [6.45, 7) is 3.04. The molecule has 1 aliphatic heterocycles. The molecule has 0 bridgehead atoms. The van der Waals surface area contributed by atoms with Crippen molar-refractivity contribution < 1.29 is 29.3 Å². The number of thiazole rings is 1. The molecule has 8 nitrogen and oxygen atoms in total. The molecule has 36 heavy (non-hydrogen) atoms. The lowest BCUT2D eigenvalue weighted by Gasteiger charge is -2.25. The number of benzene rings is 2. The average Bonchev–Trinajstić information content (AvgIpc) is 3.37. The standard InChI is InChI=1S/C26H21BrN2O6S/c1-13-24(14(2)30)36-26(28-13)29-21(16-11-17(27)22(32)19(12-16)35-3)20(23(33)25(29)34)18(31)10-9-15-7-5-4-6-8-15/h4-12,21,32-33H,1-3H3/b10-9+. The number of aryl methyl sites for hydroxylation is 1. The van der Waals surface area contributed by atoms with Gasteiger partial charge in [0.05, 0.1) is 33.8 Å². The number of aliphatic hydroxyl groups is 1. The molecule has 2 heterocycles. The Kier molecular flexibility index (Phi) is 7.09. The molecule has 0 fully saturated rings. The van der Waals surface area contributed by atoms with Crippen molar-refractivity contribution in [2.24, 2.45) is 0 Å². The summed E-state index contributed by atoms with van der Waals surface area (Å²) in [6, 6.07) is 11.0. The fourth-order valence-electron chi connectivity index (χ4n) is 3.91. The van der Waals surface area contributed by atoms with Crippen LogP contribution in [-0.4, -0.2) is 39.8 Å². The van der Waals surface area contributed by atoms with Crippen LogP contribution < -0.4 is 9.64 Å². The number of rotatable bonds is 7. The summed E-state index contributed by atoms with van der Waals surface area (Å²) in [5, 5.41) is 21.3. The Balaban J connectivity index is 1.88. The number of carbonyl (C=O) groups is 3. The van der Waals surface area contributed by atoms with Crippen molar-refractivity contribution in [1.82, 2.24) is 4.98 Å². The molecule has 0 aliphatic carbocycles. The van der Waals surface area contributed by atoms with Crippen LogP contribution in [0.4, 0.5) is 5.13 Å². The molecule has 0 saturated heterocycles. The summed E-state index contributed by atoms with van der Waals surface area (Å²) in [6.07, 6.45) is 2.87. The quantitative estimate of drug-likeness (QED) is 0.293. The van der Waals surface area contributed by atoms with E-state index >= 15 is 0 Å². The van der Waals surface area contributed by atoms with Crippen LogP contribution in [0.3, 0.4) is 0 Å². The van der Waals surface area contributed by atoms with Gasteiger partial charge >= 0.3 is 0 Å². The third kappa shape index (κ3) is 4.57. The third-order valence-electron chi connectivity index (χ3n) is 5.60. The van der Waals surface area contributed by atoms with Gasteiger partial charge in [0.2, 0.25) is 0 Å². The first-order chi connectivity index (χ1) is 17.1. The van der Waals surface area contributed by atoms with Gasteiger partial charge in [0, 0.05) is 6.92 Å². The van der Waals surface area contributed by atoms with Crippen molar-refractivity contribution in [3.8, 4) is 11.5 Å². The number of halogens is 1. The minimum absolute atomic E-state index is 0.101. The molecular weight excluding hydrogens is 548 g/mol. The average molecular weight is 569 g/mol. The summed E-state index contributed by atoms with van der Waals surface area (Å²) in [7, 11) is 1.37. The Morgan fingerprint density at radius 1 is 1.19 bits per heavy atom. The number of aromatic hydroxyl groups is 1. The van der Waals surface area contributed by atoms with Crippen molar-refractivity contribution in [1.29, 1.82) is 0 Å². The van der Waals surface area contributed by atoms with Gasteiger partial charge in [-0.3, -0.25) is 19.3 Å². The molecule has 1 aromatic heterocycles. The number of hydrogen-bond donors (Lipinski definition) is 2. The van der Waals surface area contributed by atoms with E-state index in [4.69, 9.17) is 4.74 Å². The molecule has 0 saturated carbocycles. The molecule has 0 spiro atoms. The lowest BCUT2D eigenvalue weighted by atomic mass is 9.95. The number of nitrogens with zero attached hydrogens (tertiary/aromatic N) is 2. The lowest BCUT2D eigenvalue weighted by molar-refractivity contribution is -0.117. The number of anilines is 1. The maximum Gasteiger partial charge on any atom is 0.296 e. The van der Waals surface area contributed by atoms with Gasteiger partial charge in [-0.2, -0.15) is 0 Å². The van der Waals surface area contributed by atoms with E-state index in [0.29, 0.717) is 16.1 Å². The highest BCUT2D eigenvalue weighted by molar-refractivity contribution is 9.10. The molecule has 0 radical (unpaired) electrons. The number of carbonyl (C=O) groups excluding carboxylic acids is 3. The van der Waals surface area contributed by atoms with Crippen LogP contribution in [0, 0.1) is 6.92 Å². The summed E-state index contributed by atoms with van der Waals surface area (Å²) in [5.41, 5.74) is 1.41. The van der Waals surface area contributed by atoms with E-state index in [0.717, 1.165) is 16.9 Å². The van der Waals surface area contributed by atoms with Crippen molar-refractivity contribution in [2.75, 3.05) is 12.0 Å². The second-order valence-electron chi connectivity index (χ2n) is 7.97. The summed E-state index contributed by atoms with van der Waals surface area (Å²) in [4.78, 5) is 44.7. The van der Waals surface area contributed by atoms with Crippen LogP contribution in [0.5, 0.6) is 11.5 Å². The second-order valence-corrected chi connectivity index (χ2v) is 9.80. The molecule has 4 rings (SSSR count). The highest BCUT2D eigenvalue weighted by Crippen LogP contribution is 2.46. The zero-order valence-electron chi connectivity index (χ0n) is 19.5. The van der Waals surface area contributed by atoms with Crippen molar-refractivity contribution in [3.63, 3.8) is 0 Å². The lowest BCUT2D eigenvalue weighted by Crippen LogP contribution is -2.31. The van der Waals surface area contributed by atoms with Gasteiger partial charge in [-0.15, -0.1) is 0 Å². The van der Waals surface area contributed by atoms with Gasteiger partial charge < -0.3 is 14.9 Å². The van der Waals surface area contributed by atoms with Crippen LogP contribution >= 0.6 is 27.3 Å². The number of Topliss-reactive ketones (excluding diaryl/α,β-unsaturated/α-hetero) is 1. The molecule has 10 heteroatoms. The molecule has 2 N–H and O–H groups in total. The second kappa shape index (κ2) is 10.1. The Morgan fingerprint density at radius 3 is 2.50 bits per heavy atom. The van der Waals surface area contributed by atoms with Crippen LogP contribution in [0.2, 0.25) is 0 Å². The third-order valence-corrected chi connectivity index (χ3v) is 7.46. The van der Waals surface area contributed by atoms with Crippen molar-refractivity contribution >= 4 is 55.9 Å². The SMILES string of the molecule is COc1cc(C2C(C(=O)/C=C/c3ccccc3)=C(O)C(=O)N2c2nc(C)c(C(C)=O)s2)cc(Br)c1O. The van der Waals surface area contributed by atoms with Crippen LogP contribution in [0.15, 0.2) is 64.3 Å². The van der Waals surface area contributed by atoms with E-state index in [1.165, 1.54) is 37.1 Å². The fraction of sp³-hybridized carbons (Fsp3) is 0.154. The Labute approximate surface area is 219 Å². The number of phenolic OH excluding ortho intramolecular Hbond substituents is 1. The number of aromatic nitrogens is 1. The van der Waals surface area contributed by atoms with Crippen LogP contribution in [0.25, 0.3) is 6.08 Å². The molecule has 1 atom stereocenters. The van der Waals surface area contributed by atoms with E-state index in [1.807, 2.05) is 30.3 Å². The minimum Gasteiger partial charge on any atom is -0.503 e. The molecule has 1 amide bonds. The van der Waals surface area contributed by atoms with Crippen molar-refractivity contribution in [3.05, 3.63) is 86.0 Å². The normalized spacial score (nSPS) is 15.7. The van der Waals surface area contributed by atoms with E-state index in [1.54, 1.807) is 13.0 Å². The van der Waals surface area contributed by atoms with E-state index < -0.39 is 23.5 Å². The first kappa shape index (κ1) is 25.3. The van der Waals surface area contributed by atoms with Gasteiger partial charge in [-0.05, 0) is 52.2 Å². The smallest absolute Gasteiger partial charge is 0.296 e. The largest absolute Gasteiger partial charge is 0.503 e. The number of allylic oxidation sites excluding steroid dienone is 1. The zero-order chi connectivity index (χ0) is 26.1. The number of phenols is 1. The molecule has 184 valence electrons. The number of methoxy groups -OCH3 is 1. The number of ketones is 2. The van der Waals surface area contributed by atoms with Gasteiger partial charge in [0.1, 0.15) is 0 Å². The first-order valence-electron chi connectivity index (χ1n) is 10.7. The van der Waals surface area contributed by atoms with Crippen LogP contribution in [0.1, 0.15) is 39.5 Å².